The van der Waals surface area contributed by atoms with Crippen LogP contribution in [0.25, 0.3) is 0 Å². The summed E-state index contributed by atoms with van der Waals surface area (Å²) in [5, 5.41) is 0. The van der Waals surface area contributed by atoms with Crippen LogP contribution in [0.2, 0.25) is 0 Å². The Hall–Kier alpha value is -1.59. The fourth-order valence-corrected chi connectivity index (χ4v) is 11.6. The molecule has 0 saturated carbocycles. The Morgan fingerprint density at radius 1 is 0.203 bits per heavy atom. The fourth-order valence-electron chi connectivity index (χ4n) is 11.6. The van der Waals surface area contributed by atoms with Gasteiger partial charge in [-0.1, -0.05) is 393 Å². The second kappa shape index (κ2) is 68.9. The molecule has 0 rings (SSSR count). The molecule has 0 heterocycles. The molecule has 0 aliphatic rings. The van der Waals surface area contributed by atoms with Gasteiger partial charge in [-0.25, -0.2) is 0 Å². The highest BCUT2D eigenvalue weighted by Gasteiger charge is 2.19. The maximum atomic E-state index is 12.9. The summed E-state index contributed by atoms with van der Waals surface area (Å²) in [5.41, 5.74) is 0. The van der Waals surface area contributed by atoms with Gasteiger partial charge >= 0.3 is 17.9 Å². The van der Waals surface area contributed by atoms with Crippen LogP contribution in [0.1, 0.15) is 432 Å². The smallest absolute Gasteiger partial charge is 0.306 e. The van der Waals surface area contributed by atoms with Crippen LogP contribution in [-0.2, 0) is 28.6 Å². The first-order chi connectivity index (χ1) is 39.0. The van der Waals surface area contributed by atoms with Crippen LogP contribution in [-0.4, -0.2) is 37.2 Å². The van der Waals surface area contributed by atoms with Crippen LogP contribution in [0.5, 0.6) is 0 Å². The van der Waals surface area contributed by atoms with E-state index < -0.39 is 6.10 Å². The zero-order valence-corrected chi connectivity index (χ0v) is 54.2. The van der Waals surface area contributed by atoms with E-state index in [4.69, 9.17) is 14.2 Å². The van der Waals surface area contributed by atoms with Crippen LogP contribution in [0.3, 0.4) is 0 Å². The van der Waals surface area contributed by atoms with Crippen molar-refractivity contribution in [3.63, 3.8) is 0 Å². The van der Waals surface area contributed by atoms with Gasteiger partial charge in [-0.05, 0) is 19.3 Å². The van der Waals surface area contributed by atoms with E-state index in [1.807, 2.05) is 0 Å². The average molecular weight is 1120 g/mol. The molecule has 0 aromatic rings. The Morgan fingerprint density at radius 2 is 0.342 bits per heavy atom. The maximum absolute atomic E-state index is 12.9. The third-order valence-corrected chi connectivity index (χ3v) is 17.1. The van der Waals surface area contributed by atoms with E-state index in [-0.39, 0.29) is 31.1 Å². The number of carbonyl (C=O) groups excluding carboxylic acids is 3. The van der Waals surface area contributed by atoms with Crippen molar-refractivity contribution in [2.75, 3.05) is 13.2 Å². The van der Waals surface area contributed by atoms with Crippen LogP contribution in [0, 0.1) is 0 Å². The number of carbonyl (C=O) groups is 3. The topological polar surface area (TPSA) is 78.9 Å². The van der Waals surface area contributed by atoms with Gasteiger partial charge in [0.1, 0.15) is 13.2 Å². The second-order valence-corrected chi connectivity index (χ2v) is 25.2. The number of ether oxygens (including phenoxy) is 3. The van der Waals surface area contributed by atoms with Gasteiger partial charge in [0.15, 0.2) is 6.10 Å². The number of rotatable bonds is 69. The Balaban J connectivity index is 3.85. The van der Waals surface area contributed by atoms with Crippen molar-refractivity contribution in [3.8, 4) is 0 Å². The first-order valence-corrected chi connectivity index (χ1v) is 36.5. The molecule has 6 nitrogen and oxygen atoms in total. The molecule has 0 spiro atoms. The fraction of sp³-hybridized carbons (Fsp3) is 0.959. The van der Waals surface area contributed by atoms with E-state index in [9.17, 15) is 14.4 Å². The second-order valence-electron chi connectivity index (χ2n) is 25.2. The molecule has 0 radical (unpaired) electrons. The quantitative estimate of drug-likeness (QED) is 0.0343. The minimum atomic E-state index is -0.761. The highest BCUT2D eigenvalue weighted by molar-refractivity contribution is 5.71. The van der Waals surface area contributed by atoms with Crippen LogP contribution in [0.15, 0.2) is 0 Å². The third-order valence-electron chi connectivity index (χ3n) is 17.1. The van der Waals surface area contributed by atoms with Crippen molar-refractivity contribution >= 4 is 17.9 Å². The number of hydrogen-bond donors (Lipinski definition) is 0. The summed E-state index contributed by atoms with van der Waals surface area (Å²) in [6.45, 7) is 6.65. The summed E-state index contributed by atoms with van der Waals surface area (Å²) in [5.74, 6) is -0.842. The third kappa shape index (κ3) is 67.1. The summed E-state index contributed by atoms with van der Waals surface area (Å²) < 4.78 is 16.8. The van der Waals surface area contributed by atoms with Gasteiger partial charge in [0.05, 0.1) is 0 Å². The highest BCUT2D eigenvalue weighted by atomic mass is 16.6. The molecule has 6 heteroatoms. The predicted molar refractivity (Wildman–Crippen MR) is 344 cm³/mol. The molecule has 1 atom stereocenters. The van der Waals surface area contributed by atoms with Gasteiger partial charge in [-0.3, -0.25) is 14.4 Å². The molecule has 79 heavy (non-hydrogen) atoms. The van der Waals surface area contributed by atoms with Crippen LogP contribution >= 0.6 is 0 Å². The van der Waals surface area contributed by atoms with Gasteiger partial charge in [0.25, 0.3) is 0 Å². The summed E-state index contributed by atoms with van der Waals surface area (Å²) in [7, 11) is 0. The zero-order valence-electron chi connectivity index (χ0n) is 54.2. The molecule has 1 unspecified atom stereocenters. The van der Waals surface area contributed by atoms with Crippen molar-refractivity contribution in [1.29, 1.82) is 0 Å². The normalized spacial score (nSPS) is 11.9. The Morgan fingerprint density at radius 3 is 0.506 bits per heavy atom. The monoisotopic (exact) mass is 1120 g/mol. The molecule has 0 aromatic heterocycles. The summed E-state index contributed by atoms with van der Waals surface area (Å²) in [6.07, 6.45) is 82.2. The lowest BCUT2D eigenvalue weighted by atomic mass is 10.0. The predicted octanol–water partition coefficient (Wildman–Crippen LogP) is 25.0. The molecule has 0 saturated heterocycles. The number of esters is 3. The van der Waals surface area contributed by atoms with Gasteiger partial charge in [0, 0.05) is 19.3 Å². The lowest BCUT2D eigenvalue weighted by molar-refractivity contribution is -0.167. The van der Waals surface area contributed by atoms with E-state index in [1.165, 1.54) is 327 Å². The first-order valence-electron chi connectivity index (χ1n) is 36.5. The van der Waals surface area contributed by atoms with E-state index in [0.717, 1.165) is 64.2 Å². The van der Waals surface area contributed by atoms with Crippen molar-refractivity contribution in [2.45, 2.75) is 438 Å². The van der Waals surface area contributed by atoms with Crippen molar-refractivity contribution in [3.05, 3.63) is 0 Å². The van der Waals surface area contributed by atoms with Gasteiger partial charge < -0.3 is 14.2 Å². The van der Waals surface area contributed by atoms with Crippen LogP contribution < -0.4 is 0 Å². The molecular weight excluding hydrogens is 973 g/mol. The lowest BCUT2D eigenvalue weighted by Gasteiger charge is -2.18. The van der Waals surface area contributed by atoms with Crippen molar-refractivity contribution in [2.24, 2.45) is 0 Å². The standard InChI is InChI=1S/C73H142O6/c1-4-7-10-13-15-17-19-21-23-25-27-29-31-32-33-34-35-36-37-38-39-40-42-43-45-47-49-51-53-55-57-60-63-66-72(75)78-69-70(68-77-71(74)65-62-59-12-9-6-3)79-73(76)67-64-61-58-56-54-52-50-48-46-44-41-30-28-26-24-22-20-18-16-14-11-8-5-2/h70H,4-69H2,1-3H3. The molecular formula is C73H142O6. The lowest BCUT2D eigenvalue weighted by Crippen LogP contribution is -2.30. The van der Waals surface area contributed by atoms with E-state index in [0.29, 0.717) is 19.3 Å². The first kappa shape index (κ1) is 77.4. The Bertz CT molecular complexity index is 1190. The molecule has 0 aliphatic heterocycles. The van der Waals surface area contributed by atoms with Gasteiger partial charge in [-0.15, -0.1) is 0 Å². The van der Waals surface area contributed by atoms with Gasteiger partial charge in [0.2, 0.25) is 0 Å². The average Bonchev–Trinajstić information content (AvgIpc) is 3.45. The zero-order chi connectivity index (χ0) is 57.1. The Labute approximate surface area is 495 Å². The summed E-state index contributed by atoms with van der Waals surface area (Å²) in [6, 6.07) is 0. The minimum Gasteiger partial charge on any atom is -0.462 e. The molecule has 0 aliphatic carbocycles. The molecule has 0 aromatic carbocycles. The molecule has 470 valence electrons. The summed E-state index contributed by atoms with van der Waals surface area (Å²) in [4.78, 5) is 38.0. The number of hydrogen-bond acceptors (Lipinski definition) is 6. The SMILES string of the molecule is CCCCCCCCCCCCCCCCCCCCCCCCCCCCCCCCCCCC(=O)OCC(COC(=O)CCCCCCC)OC(=O)CCCCCCCCCCCCCCCCCCCCCCCCC. The van der Waals surface area contributed by atoms with E-state index in [2.05, 4.69) is 20.8 Å². The van der Waals surface area contributed by atoms with Crippen molar-refractivity contribution in [1.82, 2.24) is 0 Å². The summed E-state index contributed by atoms with van der Waals surface area (Å²) >= 11 is 0. The van der Waals surface area contributed by atoms with Crippen molar-refractivity contribution < 1.29 is 28.6 Å². The Kier molecular flexibility index (Phi) is 67.5. The van der Waals surface area contributed by atoms with E-state index in [1.54, 1.807) is 0 Å². The van der Waals surface area contributed by atoms with E-state index >= 15 is 0 Å². The molecule has 0 N–H and O–H groups in total. The number of unbranched alkanes of at least 4 members (excludes halogenated alkanes) is 58. The molecule has 0 fully saturated rings. The highest BCUT2D eigenvalue weighted by Crippen LogP contribution is 2.20. The molecule has 0 amide bonds. The minimum absolute atomic E-state index is 0.0621. The van der Waals surface area contributed by atoms with Gasteiger partial charge in [-0.2, -0.15) is 0 Å². The maximum Gasteiger partial charge on any atom is 0.306 e. The van der Waals surface area contributed by atoms with Crippen LogP contribution in [0.4, 0.5) is 0 Å². The largest absolute Gasteiger partial charge is 0.462 e. The molecule has 0 bridgehead atoms.